The van der Waals surface area contributed by atoms with E-state index in [4.69, 9.17) is 0 Å². The van der Waals surface area contributed by atoms with Gasteiger partial charge in [-0.15, -0.1) is 46.5 Å². The molecule has 17 heteroatoms. The van der Waals surface area contributed by atoms with Crippen LogP contribution in [0.5, 0.6) is 0 Å². The SMILES string of the molecule is Cc1[c-]c(F)c(F)c(F)c1F.Cc1[c-]c(F)c(F)c(F)c1F.Cc1[c-]c(F)c(F)c(F)c1F.Cc1[c-]c(F)c(F)c(F)c1F.[Hf+4]. The van der Waals surface area contributed by atoms with Crippen molar-refractivity contribution in [3.63, 3.8) is 0 Å². The van der Waals surface area contributed by atoms with E-state index in [0.717, 1.165) is 27.7 Å². The van der Waals surface area contributed by atoms with Crippen LogP contribution in [0.1, 0.15) is 22.3 Å². The molecule has 0 fully saturated rings. The summed E-state index contributed by atoms with van der Waals surface area (Å²) in [5, 5.41) is 0. The van der Waals surface area contributed by atoms with Gasteiger partial charge in [-0.3, -0.25) is 35.1 Å². The van der Waals surface area contributed by atoms with Gasteiger partial charge in [-0.1, -0.05) is 27.7 Å². The molecule has 240 valence electrons. The van der Waals surface area contributed by atoms with Crippen molar-refractivity contribution in [1.29, 1.82) is 0 Å². The fourth-order valence-electron chi connectivity index (χ4n) is 2.53. The van der Waals surface area contributed by atoms with Crippen LogP contribution in [0.3, 0.4) is 0 Å². The molecule has 0 aliphatic heterocycles. The zero-order chi connectivity index (χ0) is 34.4. The quantitative estimate of drug-likeness (QED) is 0.0545. The van der Waals surface area contributed by atoms with Gasteiger partial charge in [-0.05, 0) is 0 Å². The molecule has 0 aromatic heterocycles. The van der Waals surface area contributed by atoms with Gasteiger partial charge in [-0.25, -0.2) is 35.1 Å². The molecule has 0 heterocycles. The Morgan fingerprint density at radius 2 is 0.378 bits per heavy atom. The Morgan fingerprint density at radius 1 is 0.244 bits per heavy atom. The Balaban J connectivity index is 0.000000569. The molecule has 0 unspecified atom stereocenters. The normalized spacial score (nSPS) is 10.0. The topological polar surface area (TPSA) is 0 Å². The summed E-state index contributed by atoms with van der Waals surface area (Å²) in [6.07, 6.45) is 0. The molecule has 0 radical (unpaired) electrons. The predicted octanol–water partition coefficient (Wildman–Crippen LogP) is 9.40. The van der Waals surface area contributed by atoms with Crippen molar-refractivity contribution >= 4 is 0 Å². The Hall–Kier alpha value is -3.37. The van der Waals surface area contributed by atoms with E-state index in [0.29, 0.717) is 0 Å². The van der Waals surface area contributed by atoms with E-state index >= 15 is 0 Å². The van der Waals surface area contributed by atoms with Gasteiger partial charge in [0, 0.05) is 46.5 Å². The minimum Gasteiger partial charge on any atom is -0.281 e. The first-order valence-electron chi connectivity index (χ1n) is 11.0. The van der Waals surface area contributed by atoms with E-state index in [1.54, 1.807) is 24.3 Å². The largest absolute Gasteiger partial charge is 4.00 e. The van der Waals surface area contributed by atoms with E-state index in [9.17, 15) is 70.2 Å². The third-order valence-corrected chi connectivity index (χ3v) is 4.82. The summed E-state index contributed by atoms with van der Waals surface area (Å²) in [6.45, 7) is 4.39. The first kappa shape index (κ1) is 41.6. The fraction of sp³-hybridized carbons (Fsp3) is 0.143. The molecule has 0 aliphatic carbocycles. The molecule has 0 saturated heterocycles. The van der Waals surface area contributed by atoms with Crippen molar-refractivity contribution in [2.45, 2.75) is 27.7 Å². The smallest absolute Gasteiger partial charge is 0.281 e. The average molecular weight is 831 g/mol. The molecule has 0 bridgehead atoms. The Labute approximate surface area is 263 Å². The van der Waals surface area contributed by atoms with Crippen LogP contribution >= 0.6 is 0 Å². The molecule has 0 N–H and O–H groups in total. The third kappa shape index (κ3) is 10.3. The van der Waals surface area contributed by atoms with Gasteiger partial charge in [0.15, 0.2) is 0 Å². The zero-order valence-corrected chi connectivity index (χ0v) is 26.1. The summed E-state index contributed by atoms with van der Waals surface area (Å²) in [7, 11) is 0. The van der Waals surface area contributed by atoms with E-state index in [1.165, 1.54) is 0 Å². The summed E-state index contributed by atoms with van der Waals surface area (Å²) >= 11 is 0. The Bertz CT molecular complexity index is 1320. The van der Waals surface area contributed by atoms with Gasteiger partial charge in [0.2, 0.25) is 0 Å². The number of rotatable bonds is 0. The van der Waals surface area contributed by atoms with Crippen molar-refractivity contribution in [1.82, 2.24) is 0 Å². The van der Waals surface area contributed by atoms with Crippen LogP contribution < -0.4 is 0 Å². The second-order valence-electron chi connectivity index (χ2n) is 8.02. The third-order valence-electron chi connectivity index (χ3n) is 4.82. The maximum Gasteiger partial charge on any atom is 4.00 e. The molecular weight excluding hydrogens is 819 g/mol. The van der Waals surface area contributed by atoms with Crippen LogP contribution in [0.15, 0.2) is 0 Å². The maximum atomic E-state index is 12.4. The van der Waals surface area contributed by atoms with E-state index in [1.807, 2.05) is 0 Å². The van der Waals surface area contributed by atoms with Crippen LogP contribution in [-0.4, -0.2) is 0 Å². The van der Waals surface area contributed by atoms with Crippen LogP contribution in [0.25, 0.3) is 0 Å². The number of hydrogen-bond acceptors (Lipinski definition) is 0. The number of hydrogen-bond donors (Lipinski definition) is 0. The van der Waals surface area contributed by atoms with Gasteiger partial charge in [0.1, 0.15) is 0 Å². The summed E-state index contributed by atoms with van der Waals surface area (Å²) in [5.41, 5.74) is -1.49. The van der Waals surface area contributed by atoms with Crippen molar-refractivity contribution < 1.29 is 96.1 Å². The molecule has 0 aliphatic rings. The van der Waals surface area contributed by atoms with Crippen LogP contribution in [0, 0.1) is 145 Å². The molecular formula is C28H12F16Hf. The van der Waals surface area contributed by atoms with Crippen LogP contribution in [0.4, 0.5) is 70.2 Å². The number of aryl methyl sites for hydroxylation is 4. The molecule has 0 amide bonds. The average Bonchev–Trinajstić information content (AvgIpc) is 2.97. The van der Waals surface area contributed by atoms with Gasteiger partial charge in [0.05, 0.1) is 46.5 Å². The fourth-order valence-corrected chi connectivity index (χ4v) is 2.53. The van der Waals surface area contributed by atoms with Crippen LogP contribution in [0.2, 0.25) is 0 Å². The Morgan fingerprint density at radius 3 is 0.511 bits per heavy atom. The van der Waals surface area contributed by atoms with Crippen molar-refractivity contribution in [3.8, 4) is 0 Å². The minimum absolute atomic E-state index is 0. The van der Waals surface area contributed by atoms with Gasteiger partial charge < -0.3 is 0 Å². The second kappa shape index (κ2) is 17.4. The van der Waals surface area contributed by atoms with Gasteiger partial charge in [-0.2, -0.15) is 0 Å². The molecule has 0 saturated carbocycles. The monoisotopic (exact) mass is 832 g/mol. The summed E-state index contributed by atoms with van der Waals surface area (Å²) in [5.74, 6) is -26.1. The standard InChI is InChI=1S/4C7H3F4.Hf/c4*1-3-2-4(8)6(10)7(11)5(3)9;/h4*1H3;/q4*-1;+4. The minimum atomic E-state index is -1.83. The summed E-state index contributed by atoms with van der Waals surface area (Å²) in [4.78, 5) is 0. The van der Waals surface area contributed by atoms with E-state index in [-0.39, 0.29) is 48.1 Å². The molecule has 4 aromatic rings. The second-order valence-corrected chi connectivity index (χ2v) is 8.02. The van der Waals surface area contributed by atoms with Crippen molar-refractivity contribution in [3.05, 3.63) is 140 Å². The van der Waals surface area contributed by atoms with Crippen LogP contribution in [-0.2, 0) is 25.8 Å². The molecule has 0 spiro atoms. The van der Waals surface area contributed by atoms with E-state index < -0.39 is 93.1 Å². The molecule has 45 heavy (non-hydrogen) atoms. The molecule has 4 rings (SSSR count). The summed E-state index contributed by atoms with van der Waals surface area (Å²) in [6, 6.07) is 6.76. The number of benzene rings is 4. The van der Waals surface area contributed by atoms with Crippen molar-refractivity contribution in [2.75, 3.05) is 0 Å². The molecule has 0 nitrogen and oxygen atoms in total. The summed E-state index contributed by atoms with van der Waals surface area (Å²) < 4.78 is 196. The molecule has 4 aromatic carbocycles. The van der Waals surface area contributed by atoms with Gasteiger partial charge >= 0.3 is 25.8 Å². The maximum absolute atomic E-state index is 12.4. The zero-order valence-electron chi connectivity index (χ0n) is 22.5. The van der Waals surface area contributed by atoms with Gasteiger partial charge in [0.25, 0.3) is 0 Å². The first-order chi connectivity index (χ1) is 20.1. The molecule has 0 atom stereocenters. The first-order valence-corrected chi connectivity index (χ1v) is 11.0. The van der Waals surface area contributed by atoms with E-state index in [2.05, 4.69) is 0 Å². The van der Waals surface area contributed by atoms with Crippen molar-refractivity contribution in [2.24, 2.45) is 0 Å². The predicted molar refractivity (Wildman–Crippen MR) is 119 cm³/mol. The number of halogens is 16. The Kier molecular flexibility index (Phi) is 16.1.